The van der Waals surface area contributed by atoms with Crippen LogP contribution in [0.25, 0.3) is 0 Å². The van der Waals surface area contributed by atoms with Crippen LogP contribution >= 0.6 is 0 Å². The summed E-state index contributed by atoms with van der Waals surface area (Å²) in [6.45, 7) is 0.974. The van der Waals surface area contributed by atoms with Crippen molar-refractivity contribution in [2.75, 3.05) is 13.2 Å². The lowest BCUT2D eigenvalue weighted by Gasteiger charge is -2.41. The molecule has 3 N–H and O–H groups in total. The number of rotatable bonds is 3. The SMILES string of the molecule is NCC1(C(O)c2ccccc2)CCOc2ccccc21. The highest BCUT2D eigenvalue weighted by atomic mass is 16.5. The summed E-state index contributed by atoms with van der Waals surface area (Å²) in [5.74, 6) is 0.833. The maximum absolute atomic E-state index is 10.9. The van der Waals surface area contributed by atoms with Gasteiger partial charge in [-0.15, -0.1) is 0 Å². The van der Waals surface area contributed by atoms with Crippen LogP contribution in [-0.2, 0) is 5.41 Å². The van der Waals surface area contributed by atoms with Gasteiger partial charge in [0.15, 0.2) is 0 Å². The summed E-state index contributed by atoms with van der Waals surface area (Å²) in [4.78, 5) is 0. The van der Waals surface area contributed by atoms with Gasteiger partial charge in [0.1, 0.15) is 5.75 Å². The van der Waals surface area contributed by atoms with Crippen LogP contribution in [0, 0.1) is 0 Å². The van der Waals surface area contributed by atoms with E-state index in [1.54, 1.807) is 0 Å². The monoisotopic (exact) mass is 269 g/mol. The van der Waals surface area contributed by atoms with Crippen LogP contribution in [0.3, 0.4) is 0 Å². The first-order chi connectivity index (χ1) is 9.78. The largest absolute Gasteiger partial charge is 0.493 e. The van der Waals surface area contributed by atoms with Crippen molar-refractivity contribution in [2.45, 2.75) is 17.9 Å². The molecule has 0 saturated carbocycles. The Morgan fingerprint density at radius 3 is 2.55 bits per heavy atom. The van der Waals surface area contributed by atoms with Crippen molar-refractivity contribution in [1.29, 1.82) is 0 Å². The molecule has 0 radical (unpaired) electrons. The Morgan fingerprint density at radius 2 is 1.80 bits per heavy atom. The van der Waals surface area contributed by atoms with Gasteiger partial charge >= 0.3 is 0 Å². The smallest absolute Gasteiger partial charge is 0.123 e. The van der Waals surface area contributed by atoms with Gasteiger partial charge < -0.3 is 15.6 Å². The molecular formula is C17H19NO2. The molecule has 2 aromatic rings. The molecule has 20 heavy (non-hydrogen) atoms. The highest BCUT2D eigenvalue weighted by molar-refractivity contribution is 5.44. The number of benzene rings is 2. The quantitative estimate of drug-likeness (QED) is 0.899. The molecule has 1 aliphatic heterocycles. The van der Waals surface area contributed by atoms with Crippen molar-refractivity contribution < 1.29 is 9.84 Å². The highest BCUT2D eigenvalue weighted by Gasteiger charge is 2.43. The Kier molecular flexibility index (Phi) is 3.47. The van der Waals surface area contributed by atoms with Gasteiger partial charge in [0.05, 0.1) is 12.7 Å². The molecule has 2 unspecified atom stereocenters. The molecule has 0 spiro atoms. The normalized spacial score (nSPS) is 22.7. The summed E-state index contributed by atoms with van der Waals surface area (Å²) in [5, 5.41) is 10.9. The Labute approximate surface area is 119 Å². The zero-order valence-electron chi connectivity index (χ0n) is 11.3. The maximum atomic E-state index is 10.9. The van der Waals surface area contributed by atoms with Crippen molar-refractivity contribution >= 4 is 0 Å². The summed E-state index contributed by atoms with van der Waals surface area (Å²) in [7, 11) is 0. The number of hydrogen-bond acceptors (Lipinski definition) is 3. The first kappa shape index (κ1) is 13.2. The van der Waals surface area contributed by atoms with E-state index in [0.29, 0.717) is 13.2 Å². The fraction of sp³-hybridized carbons (Fsp3) is 0.294. The standard InChI is InChI=1S/C17H19NO2/c18-12-17(16(19)13-6-2-1-3-7-13)10-11-20-15-9-5-4-8-14(15)17/h1-9,16,19H,10-12,18H2. The van der Waals surface area contributed by atoms with Crippen LogP contribution in [0.4, 0.5) is 0 Å². The lowest BCUT2D eigenvalue weighted by Crippen LogP contribution is -2.44. The number of aliphatic hydroxyl groups excluding tert-OH is 1. The fourth-order valence-electron chi connectivity index (χ4n) is 3.04. The minimum atomic E-state index is -0.626. The second-order valence-electron chi connectivity index (χ2n) is 5.27. The van der Waals surface area contributed by atoms with Gasteiger partial charge in [0.25, 0.3) is 0 Å². The second-order valence-corrected chi connectivity index (χ2v) is 5.27. The van der Waals surface area contributed by atoms with E-state index < -0.39 is 11.5 Å². The molecule has 2 atom stereocenters. The van der Waals surface area contributed by atoms with Gasteiger partial charge in [-0.05, 0) is 18.1 Å². The van der Waals surface area contributed by atoms with Crippen LogP contribution in [0.2, 0.25) is 0 Å². The molecule has 0 aromatic heterocycles. The van der Waals surface area contributed by atoms with Crippen molar-refractivity contribution in [3.8, 4) is 5.75 Å². The average Bonchev–Trinajstić information content (AvgIpc) is 2.54. The molecule has 1 heterocycles. The van der Waals surface area contributed by atoms with E-state index >= 15 is 0 Å². The fourth-order valence-corrected chi connectivity index (χ4v) is 3.04. The Balaban J connectivity index is 2.09. The van der Waals surface area contributed by atoms with E-state index in [4.69, 9.17) is 10.5 Å². The van der Waals surface area contributed by atoms with Crippen molar-refractivity contribution in [1.82, 2.24) is 0 Å². The Morgan fingerprint density at radius 1 is 1.10 bits per heavy atom. The summed E-state index contributed by atoms with van der Waals surface area (Å²) < 4.78 is 5.70. The molecule has 3 nitrogen and oxygen atoms in total. The predicted octanol–water partition coefficient (Wildman–Crippen LogP) is 2.40. The molecule has 1 aliphatic rings. The molecule has 0 saturated heterocycles. The van der Waals surface area contributed by atoms with Crippen molar-refractivity contribution in [3.63, 3.8) is 0 Å². The van der Waals surface area contributed by atoms with E-state index in [0.717, 1.165) is 23.3 Å². The maximum Gasteiger partial charge on any atom is 0.123 e. The first-order valence-corrected chi connectivity index (χ1v) is 6.93. The van der Waals surface area contributed by atoms with Crippen LogP contribution in [0.1, 0.15) is 23.7 Å². The lowest BCUT2D eigenvalue weighted by molar-refractivity contribution is 0.0535. The minimum absolute atomic E-state index is 0.392. The summed E-state index contributed by atoms with van der Waals surface area (Å²) in [6.07, 6.45) is 0.0927. The van der Waals surface area contributed by atoms with Crippen LogP contribution in [0.5, 0.6) is 5.75 Å². The topological polar surface area (TPSA) is 55.5 Å². The third-order valence-corrected chi connectivity index (χ3v) is 4.23. The molecule has 3 rings (SSSR count). The van der Waals surface area contributed by atoms with Gasteiger partial charge in [0.2, 0.25) is 0 Å². The number of fused-ring (bicyclic) bond motifs is 1. The predicted molar refractivity (Wildman–Crippen MR) is 78.7 cm³/mol. The molecular weight excluding hydrogens is 250 g/mol. The molecule has 104 valence electrons. The molecule has 2 aromatic carbocycles. The van der Waals surface area contributed by atoms with Gasteiger partial charge in [0, 0.05) is 17.5 Å². The van der Waals surface area contributed by atoms with Gasteiger partial charge in [-0.3, -0.25) is 0 Å². The van der Waals surface area contributed by atoms with Gasteiger partial charge in [-0.1, -0.05) is 48.5 Å². The zero-order valence-corrected chi connectivity index (χ0v) is 11.3. The third-order valence-electron chi connectivity index (χ3n) is 4.23. The van der Waals surface area contributed by atoms with Gasteiger partial charge in [-0.25, -0.2) is 0 Å². The summed E-state index contributed by atoms with van der Waals surface area (Å²) in [6, 6.07) is 17.6. The number of aliphatic hydroxyl groups is 1. The Bertz CT molecular complexity index is 585. The summed E-state index contributed by atoms with van der Waals surface area (Å²) in [5.41, 5.74) is 7.50. The van der Waals surface area contributed by atoms with E-state index in [1.165, 1.54) is 0 Å². The first-order valence-electron chi connectivity index (χ1n) is 6.93. The number of nitrogens with two attached hydrogens (primary N) is 1. The molecule has 0 bridgehead atoms. The van der Waals surface area contributed by atoms with Crippen molar-refractivity contribution in [3.05, 3.63) is 65.7 Å². The van der Waals surface area contributed by atoms with Crippen LogP contribution in [-0.4, -0.2) is 18.3 Å². The number of para-hydroxylation sites is 1. The lowest BCUT2D eigenvalue weighted by atomic mass is 9.70. The third kappa shape index (κ3) is 1.99. The Hall–Kier alpha value is -1.84. The number of ether oxygens (including phenoxy) is 1. The van der Waals surface area contributed by atoms with Gasteiger partial charge in [-0.2, -0.15) is 0 Å². The number of hydrogen-bond donors (Lipinski definition) is 2. The van der Waals surface area contributed by atoms with E-state index in [9.17, 15) is 5.11 Å². The van der Waals surface area contributed by atoms with Crippen LogP contribution < -0.4 is 10.5 Å². The molecule has 0 amide bonds. The minimum Gasteiger partial charge on any atom is -0.493 e. The zero-order chi connectivity index (χ0) is 14.0. The summed E-state index contributed by atoms with van der Waals surface area (Å²) >= 11 is 0. The van der Waals surface area contributed by atoms with Crippen molar-refractivity contribution in [2.24, 2.45) is 5.73 Å². The van der Waals surface area contributed by atoms with E-state index in [-0.39, 0.29) is 0 Å². The second kappa shape index (κ2) is 5.27. The average molecular weight is 269 g/mol. The molecule has 0 aliphatic carbocycles. The van der Waals surface area contributed by atoms with E-state index in [1.807, 2.05) is 54.6 Å². The highest BCUT2D eigenvalue weighted by Crippen LogP contribution is 2.46. The molecule has 0 fully saturated rings. The van der Waals surface area contributed by atoms with Crippen LogP contribution in [0.15, 0.2) is 54.6 Å². The molecule has 3 heteroatoms. The van der Waals surface area contributed by atoms with E-state index in [2.05, 4.69) is 0 Å².